The molecule has 0 bridgehead atoms. The molecule has 1 aromatic carbocycles. The molecule has 0 N–H and O–H groups in total. The lowest BCUT2D eigenvalue weighted by Gasteiger charge is -2.33. The summed E-state index contributed by atoms with van der Waals surface area (Å²) < 4.78 is 19.3. The number of piperidine rings is 1. The van der Waals surface area contributed by atoms with Crippen molar-refractivity contribution in [3.63, 3.8) is 0 Å². The number of carbonyl (C=O) groups is 1. The number of halogens is 1. The Balaban J connectivity index is 1.42. The number of ether oxygens (including phenoxy) is 1. The molecule has 1 saturated heterocycles. The van der Waals surface area contributed by atoms with E-state index in [0.717, 1.165) is 44.5 Å². The van der Waals surface area contributed by atoms with Gasteiger partial charge in [-0.15, -0.1) is 0 Å². The third kappa shape index (κ3) is 6.52. The van der Waals surface area contributed by atoms with Crippen LogP contribution in [0.15, 0.2) is 42.6 Å². The van der Waals surface area contributed by atoms with E-state index < -0.39 is 0 Å². The molecule has 1 aliphatic rings. The van der Waals surface area contributed by atoms with Crippen molar-refractivity contribution in [2.45, 2.75) is 38.6 Å². The Morgan fingerprint density at radius 1 is 1.33 bits per heavy atom. The molecule has 0 aliphatic carbocycles. The van der Waals surface area contributed by atoms with Gasteiger partial charge >= 0.3 is 0 Å². The Kier molecular flexibility index (Phi) is 8.20. The Morgan fingerprint density at radius 2 is 2.20 bits per heavy atom. The molecule has 6 heteroatoms. The van der Waals surface area contributed by atoms with Crippen LogP contribution < -0.4 is 4.74 Å². The van der Waals surface area contributed by atoms with Gasteiger partial charge in [-0.2, -0.15) is 0 Å². The molecule has 0 radical (unpaired) electrons. The van der Waals surface area contributed by atoms with E-state index in [9.17, 15) is 9.18 Å². The van der Waals surface area contributed by atoms with Gasteiger partial charge in [0.2, 0.25) is 5.91 Å². The minimum Gasteiger partial charge on any atom is -0.497 e. The number of aromatic nitrogens is 1. The summed E-state index contributed by atoms with van der Waals surface area (Å²) in [5.41, 5.74) is 1.70. The maximum Gasteiger partial charge on any atom is 0.222 e. The summed E-state index contributed by atoms with van der Waals surface area (Å²) in [7, 11) is 3.41. The van der Waals surface area contributed by atoms with E-state index in [1.54, 1.807) is 25.4 Å². The zero-order chi connectivity index (χ0) is 21.3. The molecule has 1 amide bonds. The number of benzene rings is 1. The first-order valence-corrected chi connectivity index (χ1v) is 10.7. The normalized spacial score (nSPS) is 17.0. The molecule has 5 nitrogen and oxygen atoms in total. The molecule has 3 rings (SSSR count). The fraction of sp³-hybridized carbons (Fsp3) is 0.500. The van der Waals surface area contributed by atoms with E-state index in [-0.39, 0.29) is 11.7 Å². The zero-order valence-electron chi connectivity index (χ0n) is 18.0. The molecular formula is C24H32FN3O2. The first-order chi connectivity index (χ1) is 14.5. The monoisotopic (exact) mass is 413 g/mol. The highest BCUT2D eigenvalue weighted by Gasteiger charge is 2.22. The van der Waals surface area contributed by atoms with Crippen molar-refractivity contribution >= 4 is 5.91 Å². The molecule has 162 valence electrons. The lowest BCUT2D eigenvalue weighted by atomic mass is 9.93. The number of nitrogens with zero attached hydrogens (tertiary/aromatic N) is 3. The number of amides is 1. The smallest absolute Gasteiger partial charge is 0.222 e. The van der Waals surface area contributed by atoms with E-state index in [4.69, 9.17) is 4.74 Å². The quantitative estimate of drug-likeness (QED) is 0.625. The summed E-state index contributed by atoms with van der Waals surface area (Å²) in [4.78, 5) is 20.9. The highest BCUT2D eigenvalue weighted by molar-refractivity contribution is 5.75. The summed E-state index contributed by atoms with van der Waals surface area (Å²) in [6.07, 6.45) is 6.22. The molecule has 1 aliphatic heterocycles. The van der Waals surface area contributed by atoms with E-state index in [1.165, 1.54) is 6.07 Å². The fourth-order valence-electron chi connectivity index (χ4n) is 4.03. The first kappa shape index (κ1) is 22.2. The van der Waals surface area contributed by atoms with Crippen LogP contribution in [0.4, 0.5) is 4.39 Å². The number of likely N-dealkylation sites (tertiary alicyclic amines) is 1. The van der Waals surface area contributed by atoms with E-state index in [1.807, 2.05) is 30.1 Å². The van der Waals surface area contributed by atoms with Crippen molar-refractivity contribution in [2.75, 3.05) is 33.8 Å². The van der Waals surface area contributed by atoms with Crippen molar-refractivity contribution in [3.8, 4) is 5.75 Å². The van der Waals surface area contributed by atoms with Crippen LogP contribution in [-0.4, -0.2) is 54.5 Å². The van der Waals surface area contributed by atoms with Gasteiger partial charge in [-0.1, -0.05) is 12.1 Å². The minimum absolute atomic E-state index is 0.184. The van der Waals surface area contributed by atoms with Gasteiger partial charge in [-0.3, -0.25) is 14.7 Å². The molecule has 1 atom stereocenters. The molecular weight excluding hydrogens is 381 g/mol. The maximum absolute atomic E-state index is 14.3. The van der Waals surface area contributed by atoms with Crippen LogP contribution in [0.2, 0.25) is 0 Å². The van der Waals surface area contributed by atoms with Crippen LogP contribution in [-0.2, 0) is 17.8 Å². The maximum atomic E-state index is 14.3. The summed E-state index contributed by atoms with van der Waals surface area (Å²) in [5.74, 6) is 0.983. The Labute approximate surface area is 178 Å². The highest BCUT2D eigenvalue weighted by Crippen LogP contribution is 2.24. The van der Waals surface area contributed by atoms with Crippen LogP contribution in [0.1, 0.15) is 36.9 Å². The summed E-state index contributed by atoms with van der Waals surface area (Å²) in [6.45, 7) is 3.17. The number of pyridine rings is 1. The van der Waals surface area contributed by atoms with Crippen LogP contribution in [0.5, 0.6) is 5.75 Å². The van der Waals surface area contributed by atoms with Gasteiger partial charge in [0, 0.05) is 63.0 Å². The number of hydrogen-bond donors (Lipinski definition) is 0. The molecule has 0 spiro atoms. The largest absolute Gasteiger partial charge is 0.497 e. The van der Waals surface area contributed by atoms with Crippen molar-refractivity contribution in [1.29, 1.82) is 0 Å². The number of rotatable bonds is 9. The SMILES string of the molecule is COc1ccc(CN2CCC[C@H](CCC(=O)N(C)CCc3ccccn3)C2)c(F)c1. The number of hydrogen-bond acceptors (Lipinski definition) is 4. The van der Waals surface area contributed by atoms with E-state index >= 15 is 0 Å². The molecule has 0 saturated carbocycles. The van der Waals surface area contributed by atoms with Crippen LogP contribution in [0, 0.1) is 11.7 Å². The molecule has 1 fully saturated rings. The molecule has 2 heterocycles. The van der Waals surface area contributed by atoms with Crippen molar-refractivity contribution in [3.05, 3.63) is 59.7 Å². The molecule has 30 heavy (non-hydrogen) atoms. The number of likely N-dealkylation sites (N-methyl/N-ethyl adjacent to an activating group) is 1. The number of carbonyl (C=O) groups excluding carboxylic acids is 1. The second kappa shape index (κ2) is 11.1. The topological polar surface area (TPSA) is 45.7 Å². The predicted octanol–water partition coefficient (Wildman–Crippen LogP) is 3.92. The third-order valence-electron chi connectivity index (χ3n) is 5.88. The average Bonchev–Trinajstić information content (AvgIpc) is 2.78. The van der Waals surface area contributed by atoms with Crippen molar-refractivity contribution in [2.24, 2.45) is 5.92 Å². The van der Waals surface area contributed by atoms with Gasteiger partial charge in [0.25, 0.3) is 0 Å². The third-order valence-corrected chi connectivity index (χ3v) is 5.88. The minimum atomic E-state index is -0.221. The van der Waals surface area contributed by atoms with Gasteiger partial charge < -0.3 is 9.64 Å². The predicted molar refractivity (Wildman–Crippen MR) is 116 cm³/mol. The zero-order valence-corrected chi connectivity index (χ0v) is 18.0. The van der Waals surface area contributed by atoms with E-state index in [0.29, 0.717) is 36.7 Å². The second-order valence-corrected chi connectivity index (χ2v) is 8.13. The van der Waals surface area contributed by atoms with Crippen molar-refractivity contribution < 1.29 is 13.9 Å². The van der Waals surface area contributed by atoms with Gasteiger partial charge in [0.1, 0.15) is 11.6 Å². The van der Waals surface area contributed by atoms with Gasteiger partial charge in [-0.25, -0.2) is 4.39 Å². The van der Waals surface area contributed by atoms with Crippen molar-refractivity contribution in [1.82, 2.24) is 14.8 Å². The molecule has 1 aromatic heterocycles. The number of methoxy groups -OCH3 is 1. The molecule has 0 unspecified atom stereocenters. The second-order valence-electron chi connectivity index (χ2n) is 8.13. The summed E-state index contributed by atoms with van der Waals surface area (Å²) >= 11 is 0. The van der Waals surface area contributed by atoms with Gasteiger partial charge in [0.15, 0.2) is 0 Å². The Morgan fingerprint density at radius 3 is 2.93 bits per heavy atom. The molecule has 2 aromatic rings. The lowest BCUT2D eigenvalue weighted by Crippen LogP contribution is -2.36. The fourth-order valence-corrected chi connectivity index (χ4v) is 4.03. The average molecular weight is 414 g/mol. The Bertz CT molecular complexity index is 815. The standard InChI is InChI=1S/C24H32FN3O2/c1-27(15-12-21-7-3-4-13-26-21)24(29)11-8-19-6-5-14-28(17-19)18-20-9-10-22(30-2)16-23(20)25/h3-4,7,9-10,13,16,19H,5-6,8,11-12,14-15,17-18H2,1-2H3/t19-/m1/s1. The van der Waals surface area contributed by atoms with Gasteiger partial charge in [0.05, 0.1) is 7.11 Å². The lowest BCUT2D eigenvalue weighted by molar-refractivity contribution is -0.130. The van der Waals surface area contributed by atoms with Crippen LogP contribution in [0.3, 0.4) is 0 Å². The highest BCUT2D eigenvalue weighted by atomic mass is 19.1. The van der Waals surface area contributed by atoms with E-state index in [2.05, 4.69) is 9.88 Å². The summed E-state index contributed by atoms with van der Waals surface area (Å²) in [6, 6.07) is 10.9. The first-order valence-electron chi connectivity index (χ1n) is 10.7. The van der Waals surface area contributed by atoms with Crippen LogP contribution >= 0.6 is 0 Å². The van der Waals surface area contributed by atoms with Gasteiger partial charge in [-0.05, 0) is 49.9 Å². The summed E-state index contributed by atoms with van der Waals surface area (Å²) in [5, 5.41) is 0. The van der Waals surface area contributed by atoms with Crippen LogP contribution in [0.25, 0.3) is 0 Å². The Hall–Kier alpha value is -2.47.